The minimum Gasteiger partial charge on any atom is -1.00 e. The molecule has 0 saturated heterocycles. The Hall–Kier alpha value is -1.90. The van der Waals surface area contributed by atoms with E-state index in [1.165, 1.54) is 17.1 Å². The lowest BCUT2D eigenvalue weighted by Gasteiger charge is -2.33. The van der Waals surface area contributed by atoms with Crippen LogP contribution < -0.4 is 21.5 Å². The van der Waals surface area contributed by atoms with Gasteiger partial charge >= 0.3 is 0 Å². The van der Waals surface area contributed by atoms with Crippen LogP contribution in [0.1, 0.15) is 0 Å². The van der Waals surface area contributed by atoms with Crippen molar-refractivity contribution >= 4 is 17.1 Å². The number of para-hydroxylation sites is 3. The summed E-state index contributed by atoms with van der Waals surface area (Å²) in [5.74, 6) is 0. The number of hydrogen-bond acceptors (Lipinski definition) is 0. The third-order valence-electron chi connectivity index (χ3n) is 3.82. The summed E-state index contributed by atoms with van der Waals surface area (Å²) in [4.78, 5) is 0. The van der Waals surface area contributed by atoms with Crippen molar-refractivity contribution in [2.75, 3.05) is 7.05 Å². The number of hydrogen-bond donors (Lipinski definition) is 0. The summed E-state index contributed by atoms with van der Waals surface area (Å²) in [6.45, 7) is 0. The Labute approximate surface area is 136 Å². The second-order valence-corrected chi connectivity index (χ2v) is 5.01. The first-order valence-electron chi connectivity index (χ1n) is 6.85. The highest BCUT2D eigenvalue weighted by Crippen LogP contribution is 2.40. The lowest BCUT2D eigenvalue weighted by Crippen LogP contribution is -3.00. The van der Waals surface area contributed by atoms with Gasteiger partial charge in [-0.2, -0.15) is 0 Å². The molecule has 3 aromatic rings. The van der Waals surface area contributed by atoms with Crippen LogP contribution in [0.25, 0.3) is 0 Å². The van der Waals surface area contributed by atoms with Crippen LogP contribution >= 0.6 is 0 Å². The van der Waals surface area contributed by atoms with E-state index in [-0.39, 0.29) is 17.0 Å². The lowest BCUT2D eigenvalue weighted by atomic mass is 10.1. The quantitative estimate of drug-likeness (QED) is 0.642. The smallest absolute Gasteiger partial charge is 0.142 e. The molecule has 2 heteroatoms. The van der Waals surface area contributed by atoms with E-state index >= 15 is 0 Å². The second kappa shape index (κ2) is 6.70. The minimum absolute atomic E-state index is 0. The van der Waals surface area contributed by atoms with Gasteiger partial charge in [0.05, 0.1) is 7.05 Å². The van der Waals surface area contributed by atoms with Gasteiger partial charge < -0.3 is 17.0 Å². The van der Waals surface area contributed by atoms with Crippen molar-refractivity contribution in [1.82, 2.24) is 4.48 Å². The van der Waals surface area contributed by atoms with Crippen LogP contribution in [0.2, 0.25) is 0 Å². The number of halogens is 1. The summed E-state index contributed by atoms with van der Waals surface area (Å²) in [5, 5.41) is 0. The molecule has 0 saturated carbocycles. The van der Waals surface area contributed by atoms with Gasteiger partial charge in [0, 0.05) is 0 Å². The van der Waals surface area contributed by atoms with Crippen LogP contribution in [0, 0.1) is 0 Å². The van der Waals surface area contributed by atoms with Crippen molar-refractivity contribution in [3.05, 3.63) is 91.0 Å². The molecule has 0 atom stereocenters. The molecule has 0 aromatic heterocycles. The van der Waals surface area contributed by atoms with E-state index in [0.29, 0.717) is 4.48 Å². The maximum Gasteiger partial charge on any atom is 0.142 e. The lowest BCUT2D eigenvalue weighted by molar-refractivity contribution is -0.00000392. The number of benzene rings is 3. The largest absolute Gasteiger partial charge is 1.00 e. The van der Waals surface area contributed by atoms with Crippen LogP contribution in [0.15, 0.2) is 91.0 Å². The monoisotopic (exact) mass is 339 g/mol. The Kier molecular flexibility index (Phi) is 4.94. The fraction of sp³-hybridized carbons (Fsp3) is 0.0526. The third-order valence-corrected chi connectivity index (χ3v) is 3.82. The van der Waals surface area contributed by atoms with Crippen LogP contribution in [0.5, 0.6) is 0 Å². The van der Waals surface area contributed by atoms with E-state index in [2.05, 4.69) is 98.0 Å². The molecule has 1 nitrogen and oxygen atoms in total. The van der Waals surface area contributed by atoms with Gasteiger partial charge in [-0.1, -0.05) is 54.6 Å². The first-order valence-corrected chi connectivity index (χ1v) is 6.85. The Morgan fingerprint density at radius 3 is 0.952 bits per heavy atom. The molecule has 0 aliphatic heterocycles. The van der Waals surface area contributed by atoms with Crippen LogP contribution in [0.4, 0.5) is 17.1 Å². The summed E-state index contributed by atoms with van der Waals surface area (Å²) in [6, 6.07) is 31.8. The van der Waals surface area contributed by atoms with Gasteiger partial charge in [-0.3, -0.25) is 0 Å². The zero-order chi connectivity index (χ0) is 13.8. The standard InChI is InChI=1S/C19H18N.BrH/c1-20(17-11-5-2-6-12-17,18-13-7-3-8-14-18)19-15-9-4-10-16-19;/h2-16H,1H3;1H/q+1;/p-1. The average Bonchev–Trinajstić information content (AvgIpc) is 2.56. The molecule has 106 valence electrons. The minimum atomic E-state index is 0. The molecule has 0 bridgehead atoms. The summed E-state index contributed by atoms with van der Waals surface area (Å²) in [6.07, 6.45) is 0. The predicted octanol–water partition coefficient (Wildman–Crippen LogP) is 2.29. The molecule has 0 N–H and O–H groups in total. The SMILES string of the molecule is C[N+](c1ccccc1)(c1ccccc1)c1ccccc1.[Br-]. The van der Waals surface area contributed by atoms with Gasteiger partial charge in [0.1, 0.15) is 17.1 Å². The van der Waals surface area contributed by atoms with E-state index in [1.807, 2.05) is 0 Å². The Balaban J connectivity index is 0.00000161. The molecule has 3 aromatic carbocycles. The Morgan fingerprint density at radius 2 is 0.714 bits per heavy atom. The highest BCUT2D eigenvalue weighted by Gasteiger charge is 2.30. The average molecular weight is 340 g/mol. The molecule has 0 aliphatic carbocycles. The van der Waals surface area contributed by atoms with E-state index in [4.69, 9.17) is 0 Å². The predicted molar refractivity (Wildman–Crippen MR) is 86.4 cm³/mol. The van der Waals surface area contributed by atoms with Crippen molar-refractivity contribution < 1.29 is 17.0 Å². The molecular weight excluding hydrogens is 322 g/mol. The maximum absolute atomic E-state index is 2.24. The topological polar surface area (TPSA) is 0 Å². The zero-order valence-corrected chi connectivity index (χ0v) is 13.6. The van der Waals surface area contributed by atoms with E-state index in [9.17, 15) is 0 Å². The normalized spacial score (nSPS) is 10.7. The fourth-order valence-electron chi connectivity index (χ4n) is 2.63. The molecule has 0 heterocycles. The van der Waals surface area contributed by atoms with Gasteiger partial charge in [-0.05, 0) is 36.4 Å². The summed E-state index contributed by atoms with van der Waals surface area (Å²) in [5.41, 5.74) is 3.76. The summed E-state index contributed by atoms with van der Waals surface area (Å²) in [7, 11) is 2.24. The van der Waals surface area contributed by atoms with E-state index in [0.717, 1.165) is 0 Å². The molecule has 0 aliphatic rings. The van der Waals surface area contributed by atoms with Gasteiger partial charge in [-0.25, -0.2) is 4.48 Å². The fourth-order valence-corrected chi connectivity index (χ4v) is 2.63. The number of quaternary nitrogens is 1. The molecule has 0 spiro atoms. The summed E-state index contributed by atoms with van der Waals surface area (Å²) >= 11 is 0. The highest BCUT2D eigenvalue weighted by atomic mass is 79.9. The van der Waals surface area contributed by atoms with Crippen molar-refractivity contribution in [1.29, 1.82) is 0 Å². The zero-order valence-electron chi connectivity index (χ0n) is 12.0. The highest BCUT2D eigenvalue weighted by molar-refractivity contribution is 5.69. The molecular formula is C19H18BrN. The first-order chi connectivity index (χ1) is 9.82. The number of rotatable bonds is 3. The first kappa shape index (κ1) is 15.5. The molecule has 3 rings (SSSR count). The van der Waals surface area contributed by atoms with Crippen molar-refractivity contribution in [3.63, 3.8) is 0 Å². The molecule has 21 heavy (non-hydrogen) atoms. The van der Waals surface area contributed by atoms with Gasteiger partial charge in [0.25, 0.3) is 0 Å². The van der Waals surface area contributed by atoms with Crippen LogP contribution in [0.3, 0.4) is 0 Å². The number of nitrogens with zero attached hydrogens (tertiary/aromatic N) is 1. The molecule has 0 unspecified atom stereocenters. The van der Waals surface area contributed by atoms with Gasteiger partial charge in [-0.15, -0.1) is 0 Å². The molecule has 0 amide bonds. The van der Waals surface area contributed by atoms with E-state index in [1.54, 1.807) is 0 Å². The van der Waals surface area contributed by atoms with Crippen LogP contribution in [-0.2, 0) is 0 Å². The van der Waals surface area contributed by atoms with Gasteiger partial charge in [0.2, 0.25) is 0 Å². The molecule has 0 fully saturated rings. The maximum atomic E-state index is 2.24. The second-order valence-electron chi connectivity index (χ2n) is 5.01. The Bertz CT molecular complexity index is 569. The van der Waals surface area contributed by atoms with E-state index < -0.39 is 0 Å². The Morgan fingerprint density at radius 1 is 0.476 bits per heavy atom. The van der Waals surface area contributed by atoms with Crippen molar-refractivity contribution in [2.24, 2.45) is 0 Å². The van der Waals surface area contributed by atoms with Crippen LogP contribution in [-0.4, -0.2) is 7.05 Å². The molecule has 0 radical (unpaired) electrons. The third kappa shape index (κ3) is 2.92. The summed E-state index contributed by atoms with van der Waals surface area (Å²) < 4.78 is 0.669. The van der Waals surface area contributed by atoms with Crippen molar-refractivity contribution in [2.45, 2.75) is 0 Å². The van der Waals surface area contributed by atoms with Gasteiger partial charge in [0.15, 0.2) is 0 Å². The van der Waals surface area contributed by atoms with Crippen molar-refractivity contribution in [3.8, 4) is 0 Å².